The van der Waals surface area contributed by atoms with E-state index in [-0.39, 0.29) is 5.97 Å². The van der Waals surface area contributed by atoms with Crippen molar-refractivity contribution >= 4 is 5.97 Å². The van der Waals surface area contributed by atoms with Gasteiger partial charge in [0.05, 0.1) is 7.11 Å². The minimum Gasteiger partial charge on any atom is -0.467 e. The van der Waals surface area contributed by atoms with E-state index in [1.807, 2.05) is 42.9 Å². The molecule has 1 rings (SSSR count). The molecule has 0 bridgehead atoms. The number of aromatic nitrogens is 1. The smallest absolute Gasteiger partial charge is 0.331 e. The van der Waals surface area contributed by atoms with Crippen LogP contribution in [0.3, 0.4) is 0 Å². The van der Waals surface area contributed by atoms with Crippen molar-refractivity contribution in [1.29, 1.82) is 0 Å². The average molecular weight is 167 g/mol. The van der Waals surface area contributed by atoms with Crippen molar-refractivity contribution in [2.75, 3.05) is 7.11 Å². The fourth-order valence-electron chi connectivity index (χ4n) is 1.06. The van der Waals surface area contributed by atoms with Crippen LogP contribution in [0.5, 0.6) is 0 Å². The second kappa shape index (κ2) is 3.01. The van der Waals surface area contributed by atoms with Crippen LogP contribution < -0.4 is 0 Å². The normalized spacial score (nSPS) is 11.2. The summed E-state index contributed by atoms with van der Waals surface area (Å²) < 4.78 is 6.50. The molecule has 66 valence electrons. The lowest BCUT2D eigenvalue weighted by Gasteiger charge is -2.23. The number of carbonyl (C=O) groups excluding carboxylic acids is 1. The van der Waals surface area contributed by atoms with E-state index in [4.69, 9.17) is 0 Å². The Bertz CT molecular complexity index is 262. The first-order valence-electron chi connectivity index (χ1n) is 3.81. The Morgan fingerprint density at radius 3 is 2.25 bits per heavy atom. The van der Waals surface area contributed by atoms with E-state index in [0.717, 1.165) is 0 Å². The number of hydrogen-bond acceptors (Lipinski definition) is 2. The van der Waals surface area contributed by atoms with Gasteiger partial charge in [-0.1, -0.05) is 0 Å². The zero-order valence-electron chi connectivity index (χ0n) is 7.57. The average Bonchev–Trinajstić information content (AvgIpc) is 2.55. The van der Waals surface area contributed by atoms with Crippen LogP contribution in [-0.4, -0.2) is 17.6 Å². The monoisotopic (exact) mass is 167 g/mol. The van der Waals surface area contributed by atoms with Crippen molar-refractivity contribution in [3.8, 4) is 0 Å². The maximum Gasteiger partial charge on any atom is 0.331 e. The number of nitrogens with zero attached hydrogens (tertiary/aromatic N) is 1. The van der Waals surface area contributed by atoms with Gasteiger partial charge in [-0.05, 0) is 26.0 Å². The van der Waals surface area contributed by atoms with Gasteiger partial charge in [0.25, 0.3) is 0 Å². The highest BCUT2D eigenvalue weighted by molar-refractivity contribution is 5.77. The van der Waals surface area contributed by atoms with Gasteiger partial charge in [-0.3, -0.25) is 0 Å². The molecule has 0 amide bonds. The predicted molar refractivity (Wildman–Crippen MR) is 45.8 cm³/mol. The number of rotatable bonds is 2. The maximum absolute atomic E-state index is 11.3. The number of ether oxygens (including phenoxy) is 1. The molecule has 1 aromatic rings. The fraction of sp³-hybridized carbons (Fsp3) is 0.444. The summed E-state index contributed by atoms with van der Waals surface area (Å²) in [5, 5.41) is 0. The number of carbonyl (C=O) groups is 1. The van der Waals surface area contributed by atoms with Gasteiger partial charge in [0.1, 0.15) is 5.54 Å². The SMILES string of the molecule is COC(=O)C(C)(C)n1cccc1. The Balaban J connectivity index is 2.93. The van der Waals surface area contributed by atoms with Crippen LogP contribution in [0, 0.1) is 0 Å². The topological polar surface area (TPSA) is 31.2 Å². The minimum absolute atomic E-state index is 0.237. The third-order valence-electron chi connectivity index (χ3n) is 1.93. The zero-order valence-corrected chi connectivity index (χ0v) is 7.57. The molecule has 0 atom stereocenters. The summed E-state index contributed by atoms with van der Waals surface area (Å²) in [7, 11) is 1.40. The van der Waals surface area contributed by atoms with Crippen molar-refractivity contribution in [1.82, 2.24) is 4.57 Å². The molecule has 0 radical (unpaired) electrons. The molecule has 0 fully saturated rings. The Kier molecular flexibility index (Phi) is 2.22. The number of methoxy groups -OCH3 is 1. The molecule has 0 spiro atoms. The zero-order chi connectivity index (χ0) is 9.19. The Labute approximate surface area is 72.0 Å². The second-order valence-electron chi connectivity index (χ2n) is 3.14. The van der Waals surface area contributed by atoms with Crippen LogP contribution in [0.15, 0.2) is 24.5 Å². The first kappa shape index (κ1) is 8.84. The van der Waals surface area contributed by atoms with Crippen LogP contribution in [0.25, 0.3) is 0 Å². The van der Waals surface area contributed by atoms with E-state index < -0.39 is 5.54 Å². The predicted octanol–water partition coefficient (Wildman–Crippen LogP) is 1.40. The lowest BCUT2D eigenvalue weighted by molar-refractivity contribution is -0.149. The minimum atomic E-state index is -0.613. The molecule has 0 aliphatic heterocycles. The van der Waals surface area contributed by atoms with Gasteiger partial charge >= 0.3 is 5.97 Å². The van der Waals surface area contributed by atoms with E-state index in [0.29, 0.717) is 0 Å². The maximum atomic E-state index is 11.3. The largest absolute Gasteiger partial charge is 0.467 e. The van der Waals surface area contributed by atoms with Crippen LogP contribution in [0.1, 0.15) is 13.8 Å². The van der Waals surface area contributed by atoms with Crippen molar-refractivity contribution in [3.05, 3.63) is 24.5 Å². The van der Waals surface area contributed by atoms with Gasteiger partial charge < -0.3 is 9.30 Å². The second-order valence-corrected chi connectivity index (χ2v) is 3.14. The quantitative estimate of drug-likeness (QED) is 0.623. The van der Waals surface area contributed by atoms with E-state index in [2.05, 4.69) is 4.74 Å². The summed E-state index contributed by atoms with van der Waals surface area (Å²) in [5.74, 6) is -0.237. The molecule has 0 saturated carbocycles. The molecule has 12 heavy (non-hydrogen) atoms. The summed E-state index contributed by atoms with van der Waals surface area (Å²) in [5.41, 5.74) is -0.613. The summed E-state index contributed by atoms with van der Waals surface area (Å²) in [6, 6.07) is 3.76. The third-order valence-corrected chi connectivity index (χ3v) is 1.93. The fourth-order valence-corrected chi connectivity index (χ4v) is 1.06. The molecule has 0 aliphatic carbocycles. The highest BCUT2D eigenvalue weighted by Crippen LogP contribution is 2.16. The van der Waals surface area contributed by atoms with Gasteiger partial charge in [-0.2, -0.15) is 0 Å². The Morgan fingerprint density at radius 2 is 1.83 bits per heavy atom. The molecule has 1 aromatic heterocycles. The van der Waals surface area contributed by atoms with E-state index in [1.165, 1.54) is 7.11 Å². The molecule has 1 heterocycles. The van der Waals surface area contributed by atoms with Gasteiger partial charge in [-0.25, -0.2) is 4.79 Å². The molecule has 0 aliphatic rings. The molecule has 0 aromatic carbocycles. The molecule has 0 N–H and O–H groups in total. The Hall–Kier alpha value is -1.25. The summed E-state index contributed by atoms with van der Waals surface area (Å²) in [6.45, 7) is 3.64. The van der Waals surface area contributed by atoms with Crippen molar-refractivity contribution < 1.29 is 9.53 Å². The number of esters is 1. The summed E-state index contributed by atoms with van der Waals surface area (Å²) in [6.07, 6.45) is 3.69. The van der Waals surface area contributed by atoms with E-state index in [9.17, 15) is 4.79 Å². The first-order chi connectivity index (χ1) is 5.59. The molecular weight excluding hydrogens is 154 g/mol. The molecular formula is C9H13NO2. The lowest BCUT2D eigenvalue weighted by atomic mass is 10.1. The van der Waals surface area contributed by atoms with Crippen LogP contribution >= 0.6 is 0 Å². The Morgan fingerprint density at radius 1 is 1.33 bits per heavy atom. The molecule has 0 unspecified atom stereocenters. The van der Waals surface area contributed by atoms with Crippen molar-refractivity contribution in [2.24, 2.45) is 0 Å². The van der Waals surface area contributed by atoms with E-state index in [1.54, 1.807) is 0 Å². The van der Waals surface area contributed by atoms with Crippen molar-refractivity contribution in [2.45, 2.75) is 19.4 Å². The molecule has 3 heteroatoms. The van der Waals surface area contributed by atoms with Crippen LogP contribution in [0.2, 0.25) is 0 Å². The number of hydrogen-bond donors (Lipinski definition) is 0. The van der Waals surface area contributed by atoms with Gasteiger partial charge in [0.2, 0.25) is 0 Å². The highest BCUT2D eigenvalue weighted by atomic mass is 16.5. The van der Waals surface area contributed by atoms with Crippen LogP contribution in [-0.2, 0) is 15.1 Å². The summed E-state index contributed by atoms with van der Waals surface area (Å²) >= 11 is 0. The standard InChI is InChI=1S/C9H13NO2/c1-9(2,8(11)12-3)10-6-4-5-7-10/h4-7H,1-3H3. The first-order valence-corrected chi connectivity index (χ1v) is 3.81. The lowest BCUT2D eigenvalue weighted by Crippen LogP contribution is -2.35. The van der Waals surface area contributed by atoms with Crippen molar-refractivity contribution in [3.63, 3.8) is 0 Å². The van der Waals surface area contributed by atoms with E-state index >= 15 is 0 Å². The summed E-state index contributed by atoms with van der Waals surface area (Å²) in [4.78, 5) is 11.3. The highest BCUT2D eigenvalue weighted by Gasteiger charge is 2.29. The molecule has 3 nitrogen and oxygen atoms in total. The molecule has 0 saturated heterocycles. The van der Waals surface area contributed by atoms with Gasteiger partial charge in [-0.15, -0.1) is 0 Å². The van der Waals surface area contributed by atoms with Gasteiger partial charge in [0, 0.05) is 12.4 Å². The van der Waals surface area contributed by atoms with Gasteiger partial charge in [0.15, 0.2) is 0 Å². The van der Waals surface area contributed by atoms with Crippen LogP contribution in [0.4, 0.5) is 0 Å². The third kappa shape index (κ3) is 1.35.